The third-order valence-electron chi connectivity index (χ3n) is 3.13. The number of aromatic nitrogens is 2. The Hall–Kier alpha value is -2.63. The lowest BCUT2D eigenvalue weighted by molar-refractivity contribution is -0.0498. The van der Waals surface area contributed by atoms with Gasteiger partial charge in [-0.15, -0.1) is 0 Å². The second-order valence-electron chi connectivity index (χ2n) is 6.19. The molecule has 2 aromatic rings. The van der Waals surface area contributed by atoms with Crippen molar-refractivity contribution in [3.8, 4) is 5.75 Å². The number of hydrogen-bond donors (Lipinski definition) is 0. The van der Waals surface area contributed by atoms with Crippen LogP contribution in [0.4, 0.5) is 8.78 Å². The summed E-state index contributed by atoms with van der Waals surface area (Å²) in [5.41, 5.74) is 0.939. The van der Waals surface area contributed by atoms with Gasteiger partial charge in [-0.1, -0.05) is 20.8 Å². The zero-order chi connectivity index (χ0) is 17.7. The van der Waals surface area contributed by atoms with Crippen LogP contribution in [-0.4, -0.2) is 22.4 Å². The Bertz CT molecular complexity index is 718. The largest absolute Gasteiger partial charge is 0.435 e. The van der Waals surface area contributed by atoms with E-state index in [1.165, 1.54) is 30.3 Å². The molecule has 1 heterocycles. The number of ether oxygens (including phenoxy) is 1. The minimum atomic E-state index is -2.89. The third kappa shape index (κ3) is 4.94. The number of carbonyl (C=O) groups is 1. The van der Waals surface area contributed by atoms with E-state index in [1.807, 2.05) is 20.8 Å². The summed E-state index contributed by atoms with van der Waals surface area (Å²) in [5.74, 6) is 0.482. The highest BCUT2D eigenvalue weighted by atomic mass is 19.3. The molecule has 0 radical (unpaired) electrons. The quantitative estimate of drug-likeness (QED) is 0.606. The number of halogens is 2. The fraction of sp³-hybridized carbons (Fsp3) is 0.278. The van der Waals surface area contributed by atoms with Crippen molar-refractivity contribution in [2.75, 3.05) is 0 Å². The van der Waals surface area contributed by atoms with Crippen LogP contribution in [0.2, 0.25) is 0 Å². The van der Waals surface area contributed by atoms with Gasteiger partial charge in [0, 0.05) is 28.9 Å². The van der Waals surface area contributed by atoms with E-state index in [2.05, 4.69) is 14.7 Å². The van der Waals surface area contributed by atoms with Crippen LogP contribution < -0.4 is 4.74 Å². The van der Waals surface area contributed by atoms with Crippen molar-refractivity contribution < 1.29 is 18.3 Å². The topological polar surface area (TPSA) is 52.1 Å². The average Bonchev–Trinajstić information content (AvgIpc) is 2.52. The first-order chi connectivity index (χ1) is 11.3. The van der Waals surface area contributed by atoms with Crippen LogP contribution in [0.1, 0.15) is 42.5 Å². The van der Waals surface area contributed by atoms with Gasteiger partial charge in [0.15, 0.2) is 5.78 Å². The molecule has 0 spiro atoms. The summed E-state index contributed by atoms with van der Waals surface area (Å²) in [6.45, 7) is 3.16. The number of hydrogen-bond acceptors (Lipinski definition) is 4. The number of benzene rings is 1. The van der Waals surface area contributed by atoms with Gasteiger partial charge in [0.25, 0.3) is 0 Å². The summed E-state index contributed by atoms with van der Waals surface area (Å²) in [5, 5.41) is 0. The molecule has 24 heavy (non-hydrogen) atoms. The van der Waals surface area contributed by atoms with Gasteiger partial charge in [0.1, 0.15) is 11.6 Å². The number of carbonyl (C=O) groups excluding carboxylic acids is 1. The molecule has 2 rings (SSSR count). The van der Waals surface area contributed by atoms with Crippen molar-refractivity contribution in [3.05, 3.63) is 59.7 Å². The molecule has 1 aromatic heterocycles. The monoisotopic (exact) mass is 332 g/mol. The summed E-state index contributed by atoms with van der Waals surface area (Å²) in [4.78, 5) is 20.6. The highest BCUT2D eigenvalue weighted by molar-refractivity contribution is 6.06. The van der Waals surface area contributed by atoms with E-state index in [1.54, 1.807) is 18.5 Å². The molecule has 4 nitrogen and oxygen atoms in total. The van der Waals surface area contributed by atoms with Gasteiger partial charge in [0.05, 0.1) is 0 Å². The molecular weight excluding hydrogens is 314 g/mol. The third-order valence-corrected chi connectivity index (χ3v) is 3.13. The summed E-state index contributed by atoms with van der Waals surface area (Å²) >= 11 is 0. The molecule has 1 aromatic carbocycles. The molecule has 0 saturated heterocycles. The first-order valence-corrected chi connectivity index (χ1v) is 7.35. The van der Waals surface area contributed by atoms with Crippen molar-refractivity contribution in [3.63, 3.8) is 0 Å². The van der Waals surface area contributed by atoms with E-state index < -0.39 is 6.61 Å². The normalized spacial score (nSPS) is 11.9. The molecule has 0 amide bonds. The number of rotatable bonds is 5. The van der Waals surface area contributed by atoms with Crippen LogP contribution in [0.15, 0.2) is 42.7 Å². The van der Waals surface area contributed by atoms with Gasteiger partial charge in [-0.2, -0.15) is 8.78 Å². The minimum absolute atomic E-state index is 0.0108. The van der Waals surface area contributed by atoms with Crippen molar-refractivity contribution in [1.29, 1.82) is 0 Å². The van der Waals surface area contributed by atoms with E-state index in [9.17, 15) is 13.6 Å². The molecule has 0 aliphatic carbocycles. The van der Waals surface area contributed by atoms with E-state index in [-0.39, 0.29) is 16.9 Å². The zero-order valence-electron chi connectivity index (χ0n) is 13.7. The molecule has 0 saturated carbocycles. The zero-order valence-corrected chi connectivity index (χ0v) is 13.7. The maximum Gasteiger partial charge on any atom is 0.387 e. The number of allylic oxidation sites excluding steroid dienone is 1. The predicted octanol–water partition coefficient (Wildman–Crippen LogP) is 4.27. The first kappa shape index (κ1) is 17.7. The van der Waals surface area contributed by atoms with Crippen molar-refractivity contribution in [2.24, 2.45) is 0 Å². The number of ketones is 1. The Morgan fingerprint density at radius 3 is 2.21 bits per heavy atom. The summed E-state index contributed by atoms with van der Waals surface area (Å²) in [7, 11) is 0. The summed E-state index contributed by atoms with van der Waals surface area (Å²) < 4.78 is 28.4. The molecule has 6 heteroatoms. The Labute approximate surface area is 139 Å². The Morgan fingerprint density at radius 1 is 1.12 bits per heavy atom. The number of alkyl halides is 2. The molecule has 126 valence electrons. The van der Waals surface area contributed by atoms with E-state index in [0.29, 0.717) is 11.1 Å². The summed E-state index contributed by atoms with van der Waals surface area (Å²) in [6.07, 6.45) is 6.30. The van der Waals surface area contributed by atoms with Crippen molar-refractivity contribution >= 4 is 11.9 Å². The molecular formula is C18H18F2N2O2. The Kier molecular flexibility index (Phi) is 5.39. The van der Waals surface area contributed by atoms with E-state index >= 15 is 0 Å². The van der Waals surface area contributed by atoms with Crippen LogP contribution in [-0.2, 0) is 5.41 Å². The SMILES string of the molecule is CC(C)(C)c1ncc(/C=C/C(=O)c2ccc(OC(F)F)cc2)cn1. The standard InChI is InChI=1S/C18H18F2N2O2/c1-18(2,3)16-21-10-12(11-22-16)4-9-15(23)13-5-7-14(8-6-13)24-17(19)20/h4-11,17H,1-3H3/b9-4+. The lowest BCUT2D eigenvalue weighted by Gasteiger charge is -2.15. The smallest absolute Gasteiger partial charge is 0.387 e. The van der Waals surface area contributed by atoms with Crippen LogP contribution in [0.25, 0.3) is 6.08 Å². The fourth-order valence-electron chi connectivity index (χ4n) is 1.88. The van der Waals surface area contributed by atoms with Crippen molar-refractivity contribution in [1.82, 2.24) is 9.97 Å². The van der Waals surface area contributed by atoms with Crippen LogP contribution in [0.5, 0.6) is 5.75 Å². The van der Waals surface area contributed by atoms with Gasteiger partial charge in [-0.05, 0) is 36.4 Å². The molecule has 0 unspecified atom stereocenters. The van der Waals surface area contributed by atoms with E-state index in [0.717, 1.165) is 5.82 Å². The molecule has 0 N–H and O–H groups in total. The second-order valence-corrected chi connectivity index (χ2v) is 6.19. The Balaban J connectivity index is 2.04. The number of nitrogens with zero attached hydrogens (tertiary/aromatic N) is 2. The van der Waals surface area contributed by atoms with Gasteiger partial charge in [0.2, 0.25) is 0 Å². The first-order valence-electron chi connectivity index (χ1n) is 7.35. The lowest BCUT2D eigenvalue weighted by Crippen LogP contribution is -2.15. The fourth-order valence-corrected chi connectivity index (χ4v) is 1.88. The average molecular weight is 332 g/mol. The maximum atomic E-state index is 12.1. The minimum Gasteiger partial charge on any atom is -0.435 e. The highest BCUT2D eigenvalue weighted by Crippen LogP contribution is 2.18. The second kappa shape index (κ2) is 7.29. The molecule has 0 atom stereocenters. The van der Waals surface area contributed by atoms with Crippen LogP contribution >= 0.6 is 0 Å². The highest BCUT2D eigenvalue weighted by Gasteiger charge is 2.16. The van der Waals surface area contributed by atoms with E-state index in [4.69, 9.17) is 0 Å². The van der Waals surface area contributed by atoms with Gasteiger partial charge >= 0.3 is 6.61 Å². The predicted molar refractivity (Wildman–Crippen MR) is 87.2 cm³/mol. The molecule has 0 aliphatic rings. The Morgan fingerprint density at radius 2 is 1.71 bits per heavy atom. The molecule has 0 aliphatic heterocycles. The summed E-state index contributed by atoms with van der Waals surface area (Å²) in [6, 6.07) is 5.52. The van der Waals surface area contributed by atoms with Crippen molar-refractivity contribution in [2.45, 2.75) is 32.8 Å². The van der Waals surface area contributed by atoms with Crippen LogP contribution in [0.3, 0.4) is 0 Å². The van der Waals surface area contributed by atoms with Gasteiger partial charge in [-0.3, -0.25) is 4.79 Å². The molecule has 0 bridgehead atoms. The van der Waals surface area contributed by atoms with Gasteiger partial charge < -0.3 is 4.74 Å². The maximum absolute atomic E-state index is 12.1. The van der Waals surface area contributed by atoms with Gasteiger partial charge in [-0.25, -0.2) is 9.97 Å². The van der Waals surface area contributed by atoms with Crippen LogP contribution in [0, 0.1) is 0 Å². The lowest BCUT2D eigenvalue weighted by atomic mass is 9.96. The molecule has 0 fully saturated rings.